The van der Waals surface area contributed by atoms with Gasteiger partial charge < -0.3 is 10.2 Å². The quantitative estimate of drug-likeness (QED) is 0.500. The predicted molar refractivity (Wildman–Crippen MR) is 127 cm³/mol. The molecule has 168 valence electrons. The lowest BCUT2D eigenvalue weighted by atomic mass is 10.0. The van der Waals surface area contributed by atoms with Crippen molar-refractivity contribution in [3.05, 3.63) is 83.7 Å². The molecular weight excluding hydrogens is 403 g/mol. The highest BCUT2D eigenvalue weighted by atomic mass is 19.1. The van der Waals surface area contributed by atoms with Crippen LogP contribution in [0.2, 0.25) is 0 Å². The number of benzene rings is 3. The molecule has 0 aliphatic rings. The fraction of sp³-hybridized carbons (Fsp3) is 0.333. The highest BCUT2D eigenvalue weighted by Gasteiger charge is 2.27. The first-order valence-electron chi connectivity index (χ1n) is 11.2. The number of halogens is 1. The minimum atomic E-state index is -0.705. The van der Waals surface area contributed by atoms with Gasteiger partial charge in [0.05, 0.1) is 0 Å². The maximum Gasteiger partial charge on any atom is 0.242 e. The van der Waals surface area contributed by atoms with Gasteiger partial charge in [-0.2, -0.15) is 0 Å². The number of rotatable bonds is 9. The summed E-state index contributed by atoms with van der Waals surface area (Å²) < 4.78 is 14.3. The molecule has 0 saturated carbocycles. The molecule has 0 aliphatic carbocycles. The molecule has 0 unspecified atom stereocenters. The Morgan fingerprint density at radius 1 is 0.938 bits per heavy atom. The van der Waals surface area contributed by atoms with E-state index >= 15 is 0 Å². The molecular formula is C27H31FN2O2. The number of carbonyl (C=O) groups excluding carboxylic acids is 2. The summed E-state index contributed by atoms with van der Waals surface area (Å²) in [6, 6.07) is 19.8. The number of nitrogens with zero attached hydrogens (tertiary/aromatic N) is 1. The van der Waals surface area contributed by atoms with Gasteiger partial charge in [-0.3, -0.25) is 9.59 Å². The van der Waals surface area contributed by atoms with E-state index in [9.17, 15) is 14.0 Å². The number of amides is 2. The van der Waals surface area contributed by atoms with E-state index < -0.39 is 6.04 Å². The van der Waals surface area contributed by atoms with Gasteiger partial charge in [-0.15, -0.1) is 0 Å². The lowest BCUT2D eigenvalue weighted by Gasteiger charge is -2.30. The normalized spacial score (nSPS) is 12.9. The van der Waals surface area contributed by atoms with E-state index in [2.05, 4.69) is 11.4 Å². The molecule has 0 heterocycles. The van der Waals surface area contributed by atoms with E-state index in [1.807, 2.05) is 50.2 Å². The Kier molecular flexibility index (Phi) is 7.98. The fourth-order valence-electron chi connectivity index (χ4n) is 3.75. The van der Waals surface area contributed by atoms with Gasteiger partial charge in [-0.25, -0.2) is 4.39 Å². The Labute approximate surface area is 189 Å². The minimum absolute atomic E-state index is 0.00560. The molecule has 1 N–H and O–H groups in total. The van der Waals surface area contributed by atoms with Crippen molar-refractivity contribution in [1.29, 1.82) is 0 Å². The van der Waals surface area contributed by atoms with E-state index in [4.69, 9.17) is 0 Å². The third-order valence-electron chi connectivity index (χ3n) is 5.95. The molecule has 0 aliphatic heterocycles. The Balaban J connectivity index is 1.80. The topological polar surface area (TPSA) is 49.4 Å². The molecule has 0 radical (unpaired) electrons. The molecule has 3 aromatic rings. The summed E-state index contributed by atoms with van der Waals surface area (Å²) in [5.74, 6) is -0.781. The van der Waals surface area contributed by atoms with Gasteiger partial charge in [0.2, 0.25) is 11.8 Å². The summed E-state index contributed by atoms with van der Waals surface area (Å²) in [4.78, 5) is 27.6. The minimum Gasteiger partial charge on any atom is -0.352 e. The van der Waals surface area contributed by atoms with Crippen molar-refractivity contribution in [1.82, 2.24) is 10.2 Å². The Morgan fingerprint density at radius 3 is 2.34 bits per heavy atom. The van der Waals surface area contributed by atoms with Crippen molar-refractivity contribution in [2.45, 2.75) is 58.7 Å². The molecule has 0 bridgehead atoms. The second kappa shape index (κ2) is 10.9. The van der Waals surface area contributed by atoms with Gasteiger partial charge in [-0.05, 0) is 49.1 Å². The van der Waals surface area contributed by atoms with Gasteiger partial charge >= 0.3 is 0 Å². The number of carbonyl (C=O) groups is 2. The monoisotopic (exact) mass is 434 g/mol. The molecule has 3 rings (SSSR count). The highest BCUT2D eigenvalue weighted by molar-refractivity contribution is 5.89. The van der Waals surface area contributed by atoms with Gasteiger partial charge in [0.1, 0.15) is 11.9 Å². The SMILES string of the molecule is CC[C@@H](C)NC(=O)[C@H](C)N(Cc1ccccc1F)C(=O)CCc1cccc2ccccc12. The van der Waals surface area contributed by atoms with Crippen molar-refractivity contribution < 1.29 is 14.0 Å². The number of hydrogen-bond donors (Lipinski definition) is 1. The van der Waals surface area contributed by atoms with Gasteiger partial charge in [-0.1, -0.05) is 67.6 Å². The summed E-state index contributed by atoms with van der Waals surface area (Å²) in [5, 5.41) is 5.18. The standard InChI is InChI=1S/C27H31FN2O2/c1-4-19(2)29-27(32)20(3)30(18-23-11-6-8-15-25(23)28)26(31)17-16-22-13-9-12-21-10-5-7-14-24(21)22/h5-15,19-20H,4,16-18H2,1-3H3,(H,29,32)/t19-,20+/m1/s1. The molecule has 0 spiro atoms. The second-order valence-corrected chi connectivity index (χ2v) is 8.25. The van der Waals surface area contributed by atoms with E-state index in [0.29, 0.717) is 12.0 Å². The van der Waals surface area contributed by atoms with Crippen LogP contribution in [-0.2, 0) is 22.6 Å². The van der Waals surface area contributed by atoms with Crippen LogP contribution in [-0.4, -0.2) is 28.8 Å². The molecule has 0 saturated heterocycles. The summed E-state index contributed by atoms with van der Waals surface area (Å²) in [6.45, 7) is 5.67. The van der Waals surface area contributed by atoms with Crippen LogP contribution in [0, 0.1) is 5.82 Å². The average molecular weight is 435 g/mol. The van der Waals surface area contributed by atoms with Crippen LogP contribution in [0.25, 0.3) is 10.8 Å². The molecule has 2 atom stereocenters. The van der Waals surface area contributed by atoms with E-state index in [0.717, 1.165) is 22.8 Å². The zero-order valence-electron chi connectivity index (χ0n) is 19.0. The smallest absolute Gasteiger partial charge is 0.242 e. The maximum atomic E-state index is 14.3. The average Bonchev–Trinajstić information content (AvgIpc) is 2.81. The number of fused-ring (bicyclic) bond motifs is 1. The zero-order chi connectivity index (χ0) is 23.1. The van der Waals surface area contributed by atoms with Gasteiger partial charge in [0, 0.05) is 24.6 Å². The van der Waals surface area contributed by atoms with Crippen LogP contribution in [0.5, 0.6) is 0 Å². The summed E-state index contributed by atoms with van der Waals surface area (Å²) in [7, 11) is 0. The first-order valence-corrected chi connectivity index (χ1v) is 11.2. The molecule has 0 aromatic heterocycles. The molecule has 2 amide bonds. The number of nitrogens with one attached hydrogen (secondary N) is 1. The predicted octanol–water partition coefficient (Wildman–Crippen LogP) is 5.24. The van der Waals surface area contributed by atoms with Crippen molar-refractivity contribution in [3.8, 4) is 0 Å². The Hall–Kier alpha value is -3.21. The van der Waals surface area contributed by atoms with Crippen LogP contribution >= 0.6 is 0 Å². The number of hydrogen-bond acceptors (Lipinski definition) is 2. The summed E-state index contributed by atoms with van der Waals surface area (Å²) in [6.07, 6.45) is 1.58. The molecule has 0 fully saturated rings. The Morgan fingerprint density at radius 2 is 1.59 bits per heavy atom. The maximum absolute atomic E-state index is 14.3. The first kappa shape index (κ1) is 23.5. The van der Waals surface area contributed by atoms with Crippen molar-refractivity contribution in [2.75, 3.05) is 0 Å². The van der Waals surface area contributed by atoms with Crippen molar-refractivity contribution >= 4 is 22.6 Å². The van der Waals surface area contributed by atoms with Crippen LogP contribution in [0.3, 0.4) is 0 Å². The number of aryl methyl sites for hydroxylation is 1. The summed E-state index contributed by atoms with van der Waals surface area (Å²) >= 11 is 0. The first-order chi connectivity index (χ1) is 15.4. The lowest BCUT2D eigenvalue weighted by molar-refractivity contribution is -0.140. The van der Waals surface area contributed by atoms with Crippen LogP contribution in [0.15, 0.2) is 66.7 Å². The van der Waals surface area contributed by atoms with Crippen LogP contribution in [0.1, 0.15) is 44.7 Å². The molecule has 5 heteroatoms. The molecule has 4 nitrogen and oxygen atoms in total. The van der Waals surface area contributed by atoms with Crippen LogP contribution < -0.4 is 5.32 Å². The fourth-order valence-corrected chi connectivity index (χ4v) is 3.75. The largest absolute Gasteiger partial charge is 0.352 e. The van der Waals surface area contributed by atoms with Gasteiger partial charge in [0.25, 0.3) is 0 Å². The third kappa shape index (κ3) is 5.72. The van der Waals surface area contributed by atoms with Crippen molar-refractivity contribution in [3.63, 3.8) is 0 Å². The van der Waals surface area contributed by atoms with E-state index in [1.54, 1.807) is 25.1 Å². The van der Waals surface area contributed by atoms with Gasteiger partial charge in [0.15, 0.2) is 0 Å². The third-order valence-corrected chi connectivity index (χ3v) is 5.95. The summed E-state index contributed by atoms with van der Waals surface area (Å²) in [5.41, 5.74) is 1.48. The molecule has 3 aromatic carbocycles. The second-order valence-electron chi connectivity index (χ2n) is 8.25. The Bertz CT molecular complexity index is 1080. The highest BCUT2D eigenvalue weighted by Crippen LogP contribution is 2.21. The molecule has 32 heavy (non-hydrogen) atoms. The lowest BCUT2D eigenvalue weighted by Crippen LogP contribution is -2.49. The van der Waals surface area contributed by atoms with E-state index in [1.165, 1.54) is 11.0 Å². The van der Waals surface area contributed by atoms with E-state index in [-0.39, 0.29) is 36.6 Å². The zero-order valence-corrected chi connectivity index (χ0v) is 19.0. The van der Waals surface area contributed by atoms with Crippen molar-refractivity contribution in [2.24, 2.45) is 0 Å². The van der Waals surface area contributed by atoms with Crippen LogP contribution in [0.4, 0.5) is 4.39 Å².